The van der Waals surface area contributed by atoms with Crippen molar-refractivity contribution in [1.29, 1.82) is 0 Å². The molecule has 0 saturated carbocycles. The van der Waals surface area contributed by atoms with E-state index in [2.05, 4.69) is 25.3 Å². The molecular weight excluding hydrogens is 198 g/mol. The molecule has 0 aliphatic carbocycles. The van der Waals surface area contributed by atoms with Crippen LogP contribution in [-0.4, -0.2) is 30.8 Å². The van der Waals surface area contributed by atoms with E-state index in [4.69, 9.17) is 0 Å². The van der Waals surface area contributed by atoms with Crippen molar-refractivity contribution in [2.75, 3.05) is 13.6 Å². The summed E-state index contributed by atoms with van der Waals surface area (Å²) in [6.07, 6.45) is 8.80. The van der Waals surface area contributed by atoms with Gasteiger partial charge in [0.05, 0.1) is 6.04 Å². The van der Waals surface area contributed by atoms with E-state index in [0.29, 0.717) is 5.92 Å². The van der Waals surface area contributed by atoms with Gasteiger partial charge in [-0.2, -0.15) is 0 Å². The first-order valence-corrected chi connectivity index (χ1v) is 5.66. The van der Waals surface area contributed by atoms with E-state index in [1.807, 2.05) is 32.2 Å². The third kappa shape index (κ3) is 5.08. The first kappa shape index (κ1) is 14.8. The average molecular weight is 221 g/mol. The van der Waals surface area contributed by atoms with Crippen LogP contribution < -0.4 is 0 Å². The van der Waals surface area contributed by atoms with Crippen LogP contribution >= 0.6 is 0 Å². The second kappa shape index (κ2) is 8.05. The SMILES string of the molecule is C=C/C=C(\C=C/C)CN(C)[C@H](C=O)C(C)C. The molecule has 90 valence electrons. The molecule has 0 amide bonds. The second-order valence-corrected chi connectivity index (χ2v) is 4.26. The highest BCUT2D eigenvalue weighted by molar-refractivity contribution is 5.58. The molecular formula is C14H23NO. The molecule has 2 nitrogen and oxygen atoms in total. The Morgan fingerprint density at radius 2 is 2.06 bits per heavy atom. The van der Waals surface area contributed by atoms with Crippen molar-refractivity contribution < 1.29 is 4.79 Å². The van der Waals surface area contributed by atoms with Gasteiger partial charge in [-0.05, 0) is 25.5 Å². The van der Waals surface area contributed by atoms with Crippen molar-refractivity contribution in [3.63, 3.8) is 0 Å². The van der Waals surface area contributed by atoms with Crippen molar-refractivity contribution in [2.45, 2.75) is 26.8 Å². The lowest BCUT2D eigenvalue weighted by atomic mass is 10.0. The van der Waals surface area contributed by atoms with E-state index >= 15 is 0 Å². The van der Waals surface area contributed by atoms with Crippen LogP contribution in [0, 0.1) is 5.92 Å². The van der Waals surface area contributed by atoms with Crippen LogP contribution in [0.4, 0.5) is 0 Å². The van der Waals surface area contributed by atoms with Crippen molar-refractivity contribution in [2.24, 2.45) is 5.92 Å². The van der Waals surface area contributed by atoms with Gasteiger partial charge >= 0.3 is 0 Å². The molecule has 0 aliphatic rings. The van der Waals surface area contributed by atoms with Crippen molar-refractivity contribution in [3.8, 4) is 0 Å². The molecule has 0 aromatic heterocycles. The molecule has 2 heteroatoms. The molecule has 0 bridgehead atoms. The Balaban J connectivity index is 4.61. The summed E-state index contributed by atoms with van der Waals surface area (Å²) < 4.78 is 0. The van der Waals surface area contributed by atoms with Gasteiger partial charge in [0.15, 0.2) is 0 Å². The van der Waals surface area contributed by atoms with E-state index in [-0.39, 0.29) is 6.04 Å². The zero-order valence-corrected chi connectivity index (χ0v) is 10.8. The minimum atomic E-state index is -0.0292. The van der Waals surface area contributed by atoms with E-state index in [1.165, 1.54) is 0 Å². The van der Waals surface area contributed by atoms with Gasteiger partial charge in [-0.3, -0.25) is 4.90 Å². The minimum Gasteiger partial charge on any atom is -0.302 e. The molecule has 0 saturated heterocycles. The number of allylic oxidation sites excluding steroid dienone is 3. The van der Waals surface area contributed by atoms with Crippen LogP contribution in [0.5, 0.6) is 0 Å². The Morgan fingerprint density at radius 1 is 1.44 bits per heavy atom. The van der Waals surface area contributed by atoms with Crippen LogP contribution in [0.15, 0.2) is 36.5 Å². The number of carbonyl (C=O) groups is 1. The van der Waals surface area contributed by atoms with Crippen molar-refractivity contribution in [3.05, 3.63) is 36.5 Å². The molecule has 0 rings (SSSR count). The molecule has 0 aliphatic heterocycles. The molecule has 0 aromatic carbocycles. The number of hydrogen-bond acceptors (Lipinski definition) is 2. The number of carbonyl (C=O) groups excluding carboxylic acids is 1. The summed E-state index contributed by atoms with van der Waals surface area (Å²) >= 11 is 0. The summed E-state index contributed by atoms with van der Waals surface area (Å²) in [6.45, 7) is 10.6. The van der Waals surface area contributed by atoms with Gasteiger partial charge in [-0.15, -0.1) is 0 Å². The van der Waals surface area contributed by atoms with Gasteiger partial charge in [0.25, 0.3) is 0 Å². The number of likely N-dealkylation sites (N-methyl/N-ethyl adjacent to an activating group) is 1. The topological polar surface area (TPSA) is 20.3 Å². The highest BCUT2D eigenvalue weighted by atomic mass is 16.1. The van der Waals surface area contributed by atoms with Crippen LogP contribution in [-0.2, 0) is 4.79 Å². The van der Waals surface area contributed by atoms with E-state index in [1.54, 1.807) is 6.08 Å². The van der Waals surface area contributed by atoms with Gasteiger partial charge in [0.1, 0.15) is 6.29 Å². The summed E-state index contributed by atoms with van der Waals surface area (Å²) in [5.74, 6) is 0.332. The highest BCUT2D eigenvalue weighted by Crippen LogP contribution is 2.10. The fraction of sp³-hybridized carbons (Fsp3) is 0.500. The van der Waals surface area contributed by atoms with E-state index in [9.17, 15) is 4.79 Å². The lowest BCUT2D eigenvalue weighted by Gasteiger charge is -2.26. The Bertz CT molecular complexity index is 276. The zero-order chi connectivity index (χ0) is 12.6. The molecule has 0 radical (unpaired) electrons. The number of hydrogen-bond donors (Lipinski definition) is 0. The smallest absolute Gasteiger partial charge is 0.137 e. The zero-order valence-electron chi connectivity index (χ0n) is 10.8. The highest BCUT2D eigenvalue weighted by Gasteiger charge is 2.17. The summed E-state index contributed by atoms with van der Waals surface area (Å²) in [6, 6.07) is -0.0292. The fourth-order valence-corrected chi connectivity index (χ4v) is 1.69. The van der Waals surface area contributed by atoms with Crippen LogP contribution in [0.2, 0.25) is 0 Å². The Kier molecular flexibility index (Phi) is 7.48. The number of nitrogens with zero attached hydrogens (tertiary/aromatic N) is 1. The van der Waals surface area contributed by atoms with E-state index in [0.717, 1.165) is 18.4 Å². The molecule has 0 aromatic rings. The maximum atomic E-state index is 11.0. The lowest BCUT2D eigenvalue weighted by Crippen LogP contribution is -2.38. The minimum absolute atomic E-state index is 0.0292. The predicted octanol–water partition coefficient (Wildman–Crippen LogP) is 2.83. The van der Waals surface area contributed by atoms with Crippen molar-refractivity contribution >= 4 is 6.29 Å². The second-order valence-electron chi connectivity index (χ2n) is 4.26. The number of rotatable bonds is 7. The maximum Gasteiger partial charge on any atom is 0.137 e. The molecule has 0 fully saturated rings. The standard InChI is InChI=1S/C14H23NO/c1-6-8-13(9-7-2)10-15(5)14(11-16)12(3)4/h6-9,11-12,14H,1,10H2,2-5H3/b9-7-,13-8+/t14-/m1/s1. The Morgan fingerprint density at radius 3 is 2.44 bits per heavy atom. The summed E-state index contributed by atoms with van der Waals surface area (Å²) in [4.78, 5) is 13.0. The van der Waals surface area contributed by atoms with E-state index < -0.39 is 0 Å². The Hall–Kier alpha value is -1.15. The molecule has 0 unspecified atom stereocenters. The molecule has 0 N–H and O–H groups in total. The molecule has 1 atom stereocenters. The van der Waals surface area contributed by atoms with Gasteiger partial charge in [0, 0.05) is 6.54 Å². The first-order valence-electron chi connectivity index (χ1n) is 5.66. The monoisotopic (exact) mass is 221 g/mol. The van der Waals surface area contributed by atoms with Gasteiger partial charge in [-0.1, -0.05) is 44.7 Å². The normalized spacial score (nSPS) is 14.8. The third-order valence-corrected chi connectivity index (χ3v) is 2.48. The number of aldehydes is 1. The quantitative estimate of drug-likeness (QED) is 0.486. The molecule has 16 heavy (non-hydrogen) atoms. The maximum absolute atomic E-state index is 11.0. The third-order valence-electron chi connectivity index (χ3n) is 2.48. The van der Waals surface area contributed by atoms with Gasteiger partial charge < -0.3 is 4.79 Å². The van der Waals surface area contributed by atoms with Crippen LogP contribution in [0.1, 0.15) is 20.8 Å². The van der Waals surface area contributed by atoms with Gasteiger partial charge in [0.2, 0.25) is 0 Å². The average Bonchev–Trinajstić information content (AvgIpc) is 2.18. The first-order chi connectivity index (χ1) is 7.56. The summed E-state index contributed by atoms with van der Waals surface area (Å²) in [5.41, 5.74) is 1.16. The largest absolute Gasteiger partial charge is 0.302 e. The molecule has 0 spiro atoms. The Labute approximate surface area is 99.3 Å². The fourth-order valence-electron chi connectivity index (χ4n) is 1.69. The van der Waals surface area contributed by atoms with Crippen molar-refractivity contribution in [1.82, 2.24) is 4.90 Å². The summed E-state index contributed by atoms with van der Waals surface area (Å²) in [5, 5.41) is 0. The van der Waals surface area contributed by atoms with Gasteiger partial charge in [-0.25, -0.2) is 0 Å². The lowest BCUT2D eigenvalue weighted by molar-refractivity contribution is -0.113. The predicted molar refractivity (Wildman–Crippen MR) is 70.4 cm³/mol. The summed E-state index contributed by atoms with van der Waals surface area (Å²) in [7, 11) is 1.97. The van der Waals surface area contributed by atoms with Crippen LogP contribution in [0.3, 0.4) is 0 Å². The molecule has 0 heterocycles. The van der Waals surface area contributed by atoms with Crippen LogP contribution in [0.25, 0.3) is 0 Å².